The Morgan fingerprint density at radius 1 is 1.17 bits per heavy atom. The third-order valence-electron chi connectivity index (χ3n) is 7.31. The summed E-state index contributed by atoms with van der Waals surface area (Å²) in [6.07, 6.45) is 4.26. The van der Waals surface area contributed by atoms with Gasteiger partial charge in [0, 0.05) is 30.7 Å². The highest BCUT2D eigenvalue weighted by atomic mass is 16.3. The van der Waals surface area contributed by atoms with Gasteiger partial charge in [0.25, 0.3) is 0 Å². The minimum Gasteiger partial charge on any atom is -0.392 e. The second-order valence-electron chi connectivity index (χ2n) is 9.78. The van der Waals surface area contributed by atoms with Crippen LogP contribution in [0.5, 0.6) is 0 Å². The van der Waals surface area contributed by atoms with E-state index >= 15 is 0 Å². The van der Waals surface area contributed by atoms with E-state index < -0.39 is 17.4 Å². The number of nitrogens with one attached hydrogen (secondary N) is 1. The smallest absolute Gasteiger partial charge is 0.235 e. The molecule has 1 fully saturated rings. The topological polar surface area (TPSA) is 104 Å². The molecule has 0 aromatic heterocycles. The molecule has 3 N–H and O–H groups in total. The van der Waals surface area contributed by atoms with Gasteiger partial charge in [-0.05, 0) is 43.6 Å². The van der Waals surface area contributed by atoms with E-state index in [-0.39, 0.29) is 54.8 Å². The van der Waals surface area contributed by atoms with Gasteiger partial charge in [-0.3, -0.25) is 14.4 Å². The molecule has 3 rings (SSSR count). The van der Waals surface area contributed by atoms with Gasteiger partial charge in [-0.25, -0.2) is 0 Å². The molecule has 6 nitrogen and oxygen atoms in total. The molecule has 30 heavy (non-hydrogen) atoms. The normalized spacial score (nSPS) is 39.4. The second-order valence-corrected chi connectivity index (χ2v) is 9.78. The van der Waals surface area contributed by atoms with Crippen molar-refractivity contribution in [3.8, 4) is 0 Å². The fraction of sp³-hybridized carbons (Fsp3) is 0.708. The Bertz CT molecular complexity index is 782. The molecule has 166 valence electrons. The summed E-state index contributed by atoms with van der Waals surface area (Å²) in [4.78, 5) is 39.6. The second kappa shape index (κ2) is 8.75. The summed E-state index contributed by atoms with van der Waals surface area (Å²) in [5.41, 5.74) is 0.519. The first-order chi connectivity index (χ1) is 14.1. The molecule has 1 heterocycles. The Balaban J connectivity index is 2.18. The highest BCUT2D eigenvalue weighted by Crippen LogP contribution is 2.55. The molecule has 1 aliphatic heterocycles. The van der Waals surface area contributed by atoms with Crippen LogP contribution in [0.25, 0.3) is 0 Å². The monoisotopic (exact) mass is 417 g/mol. The third-order valence-corrected chi connectivity index (χ3v) is 7.31. The summed E-state index contributed by atoms with van der Waals surface area (Å²) in [7, 11) is 0. The summed E-state index contributed by atoms with van der Waals surface area (Å²) < 4.78 is 0. The van der Waals surface area contributed by atoms with E-state index in [0.717, 1.165) is 17.6 Å². The number of rotatable bonds is 3. The summed E-state index contributed by atoms with van der Waals surface area (Å²) in [5.74, 6) is -1.35. The summed E-state index contributed by atoms with van der Waals surface area (Å²) >= 11 is 0. The maximum absolute atomic E-state index is 13.7. The zero-order valence-electron chi connectivity index (χ0n) is 18.5. The molecule has 0 bridgehead atoms. The average molecular weight is 418 g/mol. The fourth-order valence-corrected chi connectivity index (χ4v) is 5.82. The van der Waals surface area contributed by atoms with Gasteiger partial charge < -0.3 is 15.5 Å². The van der Waals surface area contributed by atoms with Crippen molar-refractivity contribution in [3.63, 3.8) is 0 Å². The highest BCUT2D eigenvalue weighted by Gasteiger charge is 2.65. The molecule has 0 aromatic rings. The number of allylic oxidation sites excluding steroid dienone is 3. The molecule has 0 saturated carbocycles. The van der Waals surface area contributed by atoms with E-state index in [2.05, 4.69) is 19.2 Å². The fourth-order valence-electron chi connectivity index (χ4n) is 5.82. The minimum absolute atomic E-state index is 0.0483. The van der Waals surface area contributed by atoms with Crippen LogP contribution in [0.15, 0.2) is 23.3 Å². The van der Waals surface area contributed by atoms with Crippen molar-refractivity contribution in [2.24, 2.45) is 29.1 Å². The zero-order chi connectivity index (χ0) is 22.2. The number of carbonyl (C=O) groups excluding carboxylic acids is 3. The Labute approximate surface area is 178 Å². The van der Waals surface area contributed by atoms with Crippen molar-refractivity contribution in [2.45, 2.75) is 71.9 Å². The van der Waals surface area contributed by atoms with Crippen molar-refractivity contribution < 1.29 is 24.6 Å². The van der Waals surface area contributed by atoms with Crippen molar-refractivity contribution in [1.29, 1.82) is 0 Å². The van der Waals surface area contributed by atoms with E-state index in [1.54, 1.807) is 0 Å². The highest BCUT2D eigenvalue weighted by molar-refractivity contribution is 6.10. The van der Waals surface area contributed by atoms with Crippen LogP contribution < -0.4 is 5.32 Å². The van der Waals surface area contributed by atoms with Gasteiger partial charge in [0.1, 0.15) is 17.3 Å². The van der Waals surface area contributed by atoms with Gasteiger partial charge in [-0.15, -0.1) is 0 Å². The Morgan fingerprint density at radius 2 is 1.87 bits per heavy atom. The van der Waals surface area contributed by atoms with E-state index in [1.807, 2.05) is 26.0 Å². The standard InChI is InChI=1S/C24H35NO5/c1-13(2)9-18-22-15(4)16(12-26)11-17-10-14(3)5-6-19(27)20(28)7-8-21(29)24(17,22)23(30)25-18/h10-11,13,15,17-19,22,26-27H,5-9,12H2,1-4H3,(H,25,30)/b14-10-/t15-,17+,18+,19-,22+,24-/m1/s1. The van der Waals surface area contributed by atoms with Crippen molar-refractivity contribution >= 4 is 17.5 Å². The summed E-state index contributed by atoms with van der Waals surface area (Å²) in [5, 5.41) is 23.3. The van der Waals surface area contributed by atoms with Crippen LogP contribution in [0.1, 0.15) is 59.8 Å². The van der Waals surface area contributed by atoms with Gasteiger partial charge in [-0.2, -0.15) is 0 Å². The molecule has 6 atom stereocenters. The van der Waals surface area contributed by atoms with Crippen LogP contribution in [-0.2, 0) is 14.4 Å². The van der Waals surface area contributed by atoms with Crippen LogP contribution in [0.2, 0.25) is 0 Å². The molecule has 3 aliphatic rings. The molecular formula is C24H35NO5. The number of ketones is 2. The molecule has 0 aromatic carbocycles. The molecule has 0 unspecified atom stereocenters. The average Bonchev–Trinajstić information content (AvgIpc) is 2.97. The Hall–Kier alpha value is -1.79. The molecule has 2 aliphatic carbocycles. The molecular weight excluding hydrogens is 382 g/mol. The maximum atomic E-state index is 13.7. The lowest BCUT2D eigenvalue weighted by Crippen LogP contribution is -2.52. The van der Waals surface area contributed by atoms with E-state index in [1.165, 1.54) is 0 Å². The van der Waals surface area contributed by atoms with Crippen LogP contribution in [0, 0.1) is 29.1 Å². The van der Waals surface area contributed by atoms with E-state index in [4.69, 9.17) is 0 Å². The SMILES string of the molecule is C/C1=C/[C@H]2C=C(CO)[C@@H](C)[C@H]3[C@H](CC(C)C)NC(=O)[C@]32C(=O)CCC(=O)[C@H](O)CC1. The lowest BCUT2D eigenvalue weighted by atomic mass is 9.54. The number of aliphatic hydroxyl groups is 2. The Morgan fingerprint density at radius 3 is 2.50 bits per heavy atom. The van der Waals surface area contributed by atoms with Gasteiger partial charge in [0.2, 0.25) is 5.91 Å². The maximum Gasteiger partial charge on any atom is 0.235 e. The van der Waals surface area contributed by atoms with Crippen molar-refractivity contribution in [1.82, 2.24) is 5.32 Å². The van der Waals surface area contributed by atoms with E-state index in [0.29, 0.717) is 18.8 Å². The summed E-state index contributed by atoms with van der Waals surface area (Å²) in [6, 6.07) is -0.158. The number of amides is 1. The molecule has 6 heteroatoms. The first kappa shape index (κ1) is 22.9. The lowest BCUT2D eigenvalue weighted by Gasteiger charge is -2.45. The third kappa shape index (κ3) is 3.80. The minimum atomic E-state index is -1.27. The summed E-state index contributed by atoms with van der Waals surface area (Å²) in [6.45, 7) is 7.97. The molecule has 1 saturated heterocycles. The quantitative estimate of drug-likeness (QED) is 0.483. The molecule has 1 amide bonds. The predicted octanol–water partition coefficient (Wildman–Crippen LogP) is 2.34. The van der Waals surface area contributed by atoms with Gasteiger partial charge in [-0.1, -0.05) is 38.5 Å². The van der Waals surface area contributed by atoms with Crippen LogP contribution in [-0.4, -0.2) is 46.4 Å². The first-order valence-electron chi connectivity index (χ1n) is 11.2. The lowest BCUT2D eigenvalue weighted by molar-refractivity contribution is -0.146. The van der Waals surface area contributed by atoms with Crippen LogP contribution in [0.3, 0.4) is 0 Å². The molecule has 0 radical (unpaired) electrons. The zero-order valence-corrected chi connectivity index (χ0v) is 18.5. The van der Waals surface area contributed by atoms with Crippen LogP contribution >= 0.6 is 0 Å². The number of aliphatic hydroxyl groups excluding tert-OH is 2. The largest absolute Gasteiger partial charge is 0.392 e. The number of hydrogen-bond donors (Lipinski definition) is 3. The van der Waals surface area contributed by atoms with Gasteiger partial charge in [0.05, 0.1) is 6.61 Å². The van der Waals surface area contributed by atoms with Gasteiger partial charge >= 0.3 is 0 Å². The molecule has 1 spiro atoms. The number of carbonyl (C=O) groups is 3. The first-order valence-corrected chi connectivity index (χ1v) is 11.2. The predicted molar refractivity (Wildman–Crippen MR) is 113 cm³/mol. The van der Waals surface area contributed by atoms with E-state index in [9.17, 15) is 24.6 Å². The van der Waals surface area contributed by atoms with Crippen LogP contribution in [0.4, 0.5) is 0 Å². The van der Waals surface area contributed by atoms with Crippen molar-refractivity contribution in [3.05, 3.63) is 23.3 Å². The number of hydrogen-bond acceptors (Lipinski definition) is 5. The Kier molecular flexibility index (Phi) is 6.68. The number of Topliss-reactive ketones (excluding diaryl/α,β-unsaturated/α-hetero) is 2. The van der Waals surface area contributed by atoms with Crippen molar-refractivity contribution in [2.75, 3.05) is 6.61 Å². The van der Waals surface area contributed by atoms with Gasteiger partial charge in [0.15, 0.2) is 5.78 Å².